The van der Waals surface area contributed by atoms with E-state index in [1.54, 1.807) is 0 Å². The molecule has 0 saturated heterocycles. The molecule has 5 nitrogen and oxygen atoms in total. The Bertz CT molecular complexity index is 439. The third-order valence-electron chi connectivity index (χ3n) is 3.39. The molecule has 0 spiro atoms. The molecule has 0 saturated carbocycles. The normalized spacial score (nSPS) is 23.6. The highest BCUT2D eigenvalue weighted by Crippen LogP contribution is 2.31. The van der Waals surface area contributed by atoms with Crippen LogP contribution in [0.5, 0.6) is 0 Å². The molecule has 0 fully saturated rings. The van der Waals surface area contributed by atoms with Crippen LogP contribution in [-0.2, 0) is 29.1 Å². The number of imidazole rings is 1. The summed E-state index contributed by atoms with van der Waals surface area (Å²) in [5, 5.41) is 9.16. The summed E-state index contributed by atoms with van der Waals surface area (Å²) in [6.07, 6.45) is 2.42. The van der Waals surface area contributed by atoms with E-state index in [4.69, 9.17) is 9.84 Å². The summed E-state index contributed by atoms with van der Waals surface area (Å²) in [5.74, 6) is -0.460. The van der Waals surface area contributed by atoms with Gasteiger partial charge in [-0.1, -0.05) is 0 Å². The van der Waals surface area contributed by atoms with E-state index in [2.05, 4.69) is 9.55 Å². The molecule has 86 valence electrons. The van der Waals surface area contributed by atoms with Gasteiger partial charge in [-0.05, 0) is 12.8 Å². The molecular weight excluding hydrogens is 208 g/mol. The minimum Gasteiger partial charge on any atom is -0.481 e. The van der Waals surface area contributed by atoms with Gasteiger partial charge >= 0.3 is 5.97 Å². The maximum Gasteiger partial charge on any atom is 0.314 e. The first-order valence-electron chi connectivity index (χ1n) is 5.66. The lowest BCUT2D eigenvalue weighted by Gasteiger charge is -2.22. The Labute approximate surface area is 93.0 Å². The quantitative estimate of drug-likeness (QED) is 0.767. The molecule has 2 aliphatic heterocycles. The van der Waals surface area contributed by atoms with Gasteiger partial charge in [0, 0.05) is 13.0 Å². The SMILES string of the molecule is O=C(O)C1CCCn2c1nc1c2COCC1. The highest BCUT2D eigenvalue weighted by molar-refractivity contribution is 5.75. The third-order valence-corrected chi connectivity index (χ3v) is 3.39. The Hall–Kier alpha value is -1.36. The summed E-state index contributed by atoms with van der Waals surface area (Å²) in [4.78, 5) is 15.6. The van der Waals surface area contributed by atoms with Crippen LogP contribution in [0.4, 0.5) is 0 Å². The van der Waals surface area contributed by atoms with Crippen molar-refractivity contribution in [2.45, 2.75) is 38.3 Å². The van der Waals surface area contributed by atoms with Crippen molar-refractivity contribution in [2.75, 3.05) is 6.61 Å². The van der Waals surface area contributed by atoms with E-state index in [0.717, 1.165) is 36.6 Å². The summed E-state index contributed by atoms with van der Waals surface area (Å²) in [6, 6.07) is 0. The average molecular weight is 222 g/mol. The van der Waals surface area contributed by atoms with Crippen LogP contribution in [0.3, 0.4) is 0 Å². The predicted octanol–water partition coefficient (Wildman–Crippen LogP) is 0.918. The van der Waals surface area contributed by atoms with Crippen LogP contribution in [0, 0.1) is 0 Å². The van der Waals surface area contributed by atoms with Crippen LogP contribution in [0.1, 0.15) is 36.0 Å². The van der Waals surface area contributed by atoms with Crippen molar-refractivity contribution in [3.63, 3.8) is 0 Å². The molecule has 16 heavy (non-hydrogen) atoms. The van der Waals surface area contributed by atoms with Gasteiger partial charge in [0.05, 0.1) is 24.6 Å². The number of carboxylic acid groups (broad SMARTS) is 1. The Morgan fingerprint density at radius 2 is 2.44 bits per heavy atom. The molecule has 2 aliphatic rings. The van der Waals surface area contributed by atoms with E-state index in [1.807, 2.05) is 0 Å². The number of carbonyl (C=O) groups is 1. The molecule has 3 rings (SSSR count). The summed E-state index contributed by atoms with van der Waals surface area (Å²) >= 11 is 0. The van der Waals surface area contributed by atoms with Crippen molar-refractivity contribution < 1.29 is 14.6 Å². The number of hydrogen-bond acceptors (Lipinski definition) is 3. The lowest BCUT2D eigenvalue weighted by atomic mass is 9.99. The molecule has 0 amide bonds. The minimum absolute atomic E-state index is 0.431. The van der Waals surface area contributed by atoms with Crippen molar-refractivity contribution in [1.29, 1.82) is 0 Å². The molecule has 1 aromatic heterocycles. The molecule has 5 heteroatoms. The van der Waals surface area contributed by atoms with Crippen LogP contribution in [0.25, 0.3) is 0 Å². The zero-order chi connectivity index (χ0) is 11.1. The summed E-state index contributed by atoms with van der Waals surface area (Å²) < 4.78 is 7.46. The molecule has 0 aliphatic carbocycles. The number of aliphatic carboxylic acids is 1. The van der Waals surface area contributed by atoms with Crippen molar-refractivity contribution in [3.8, 4) is 0 Å². The van der Waals surface area contributed by atoms with Crippen LogP contribution in [0.2, 0.25) is 0 Å². The largest absolute Gasteiger partial charge is 0.481 e. The fraction of sp³-hybridized carbons (Fsp3) is 0.636. The van der Waals surface area contributed by atoms with Gasteiger partial charge < -0.3 is 14.4 Å². The highest BCUT2D eigenvalue weighted by Gasteiger charge is 2.32. The highest BCUT2D eigenvalue weighted by atomic mass is 16.5. The van der Waals surface area contributed by atoms with Gasteiger partial charge in [0.15, 0.2) is 0 Å². The first-order valence-corrected chi connectivity index (χ1v) is 5.66. The van der Waals surface area contributed by atoms with Gasteiger partial charge in [-0.2, -0.15) is 0 Å². The molecular formula is C11H14N2O3. The lowest BCUT2D eigenvalue weighted by molar-refractivity contribution is -0.139. The molecule has 1 unspecified atom stereocenters. The second-order valence-electron chi connectivity index (χ2n) is 4.35. The van der Waals surface area contributed by atoms with E-state index in [0.29, 0.717) is 19.6 Å². The number of carboxylic acids is 1. The van der Waals surface area contributed by atoms with E-state index in [-0.39, 0.29) is 0 Å². The number of aromatic nitrogens is 2. The van der Waals surface area contributed by atoms with Gasteiger partial charge in [0.2, 0.25) is 0 Å². The second-order valence-corrected chi connectivity index (χ2v) is 4.35. The number of fused-ring (bicyclic) bond motifs is 3. The maximum absolute atomic E-state index is 11.1. The molecule has 3 heterocycles. The minimum atomic E-state index is -0.760. The molecule has 0 bridgehead atoms. The first kappa shape index (κ1) is 9.84. The zero-order valence-electron chi connectivity index (χ0n) is 8.98. The van der Waals surface area contributed by atoms with Crippen molar-refractivity contribution >= 4 is 5.97 Å². The summed E-state index contributed by atoms with van der Waals surface area (Å²) in [6.45, 7) is 2.15. The van der Waals surface area contributed by atoms with Gasteiger partial charge in [-0.15, -0.1) is 0 Å². The maximum atomic E-state index is 11.1. The van der Waals surface area contributed by atoms with Crippen LogP contribution >= 0.6 is 0 Å². The number of ether oxygens (including phenoxy) is 1. The Balaban J connectivity index is 2.08. The fourth-order valence-electron chi connectivity index (χ4n) is 2.59. The monoisotopic (exact) mass is 222 g/mol. The van der Waals surface area contributed by atoms with E-state index >= 15 is 0 Å². The van der Waals surface area contributed by atoms with Gasteiger partial charge in [0.25, 0.3) is 0 Å². The van der Waals surface area contributed by atoms with Crippen LogP contribution in [-0.4, -0.2) is 27.2 Å². The molecule has 1 aromatic rings. The van der Waals surface area contributed by atoms with E-state index < -0.39 is 11.9 Å². The Morgan fingerprint density at radius 3 is 3.25 bits per heavy atom. The average Bonchev–Trinajstić information content (AvgIpc) is 2.67. The summed E-state index contributed by atoms with van der Waals surface area (Å²) in [5.41, 5.74) is 2.13. The van der Waals surface area contributed by atoms with Gasteiger partial charge in [0.1, 0.15) is 11.7 Å². The van der Waals surface area contributed by atoms with Crippen LogP contribution < -0.4 is 0 Å². The van der Waals surface area contributed by atoms with E-state index in [1.165, 1.54) is 0 Å². The second kappa shape index (κ2) is 3.59. The number of nitrogens with zero attached hydrogens (tertiary/aromatic N) is 2. The number of hydrogen-bond donors (Lipinski definition) is 1. The smallest absolute Gasteiger partial charge is 0.314 e. The standard InChI is InChI=1S/C11H14N2O3/c14-11(15)7-2-1-4-13-9-6-16-5-3-8(9)12-10(7)13/h7H,1-6H2,(H,14,15). The topological polar surface area (TPSA) is 64.3 Å². The van der Waals surface area contributed by atoms with Gasteiger partial charge in [-0.25, -0.2) is 4.98 Å². The third kappa shape index (κ3) is 1.35. The lowest BCUT2D eigenvalue weighted by Crippen LogP contribution is -2.23. The van der Waals surface area contributed by atoms with Crippen molar-refractivity contribution in [3.05, 3.63) is 17.2 Å². The Kier molecular flexibility index (Phi) is 2.21. The molecule has 0 aromatic carbocycles. The summed E-state index contributed by atoms with van der Waals surface area (Å²) in [7, 11) is 0. The van der Waals surface area contributed by atoms with E-state index in [9.17, 15) is 4.79 Å². The molecule has 0 radical (unpaired) electrons. The first-order chi connectivity index (χ1) is 7.77. The van der Waals surface area contributed by atoms with Crippen molar-refractivity contribution in [2.24, 2.45) is 0 Å². The van der Waals surface area contributed by atoms with Gasteiger partial charge in [-0.3, -0.25) is 4.79 Å². The predicted molar refractivity (Wildman–Crippen MR) is 55.2 cm³/mol. The van der Waals surface area contributed by atoms with Crippen molar-refractivity contribution in [1.82, 2.24) is 9.55 Å². The molecule has 1 N–H and O–H groups in total. The zero-order valence-corrected chi connectivity index (χ0v) is 8.98. The van der Waals surface area contributed by atoms with Crippen LogP contribution in [0.15, 0.2) is 0 Å². The Morgan fingerprint density at radius 1 is 1.56 bits per heavy atom. The number of rotatable bonds is 1. The fourth-order valence-corrected chi connectivity index (χ4v) is 2.59. The molecule has 1 atom stereocenters.